The summed E-state index contributed by atoms with van der Waals surface area (Å²) in [4.78, 5) is 22.4. The Bertz CT molecular complexity index is 807. The molecule has 1 unspecified atom stereocenters. The Morgan fingerprint density at radius 2 is 1.82 bits per heavy atom. The summed E-state index contributed by atoms with van der Waals surface area (Å²) in [6.45, 7) is 6.72. The molecule has 2 saturated heterocycles. The first-order valence-electron chi connectivity index (χ1n) is 10.0. The molecule has 6 heteroatoms. The lowest BCUT2D eigenvalue weighted by Crippen LogP contribution is -2.44. The van der Waals surface area contributed by atoms with Crippen LogP contribution >= 0.6 is 12.4 Å². The topological polar surface area (TPSA) is 48.5 Å². The second-order valence-corrected chi connectivity index (χ2v) is 7.48. The van der Waals surface area contributed by atoms with Gasteiger partial charge in [0.25, 0.3) is 5.91 Å². The van der Waals surface area contributed by atoms with Crippen LogP contribution in [0.4, 0.5) is 5.82 Å². The van der Waals surface area contributed by atoms with E-state index in [1.54, 1.807) is 0 Å². The van der Waals surface area contributed by atoms with Gasteiger partial charge in [-0.25, -0.2) is 4.98 Å². The number of carbonyl (C=O) groups is 1. The Morgan fingerprint density at radius 1 is 1.04 bits per heavy atom. The summed E-state index contributed by atoms with van der Waals surface area (Å²) < 4.78 is 0. The maximum Gasteiger partial charge on any atom is 0.273 e. The Kier molecular flexibility index (Phi) is 6.92. The highest BCUT2D eigenvalue weighted by Gasteiger charge is 2.30. The van der Waals surface area contributed by atoms with E-state index in [9.17, 15) is 4.79 Å². The number of carbonyl (C=O) groups excluding carboxylic acids is 1. The van der Waals surface area contributed by atoms with E-state index >= 15 is 0 Å². The van der Waals surface area contributed by atoms with Crippen molar-refractivity contribution in [1.82, 2.24) is 15.2 Å². The van der Waals surface area contributed by atoms with Crippen LogP contribution in [0.15, 0.2) is 42.5 Å². The summed E-state index contributed by atoms with van der Waals surface area (Å²) >= 11 is 0. The third-order valence-corrected chi connectivity index (χ3v) is 5.71. The van der Waals surface area contributed by atoms with Gasteiger partial charge in [-0.05, 0) is 49.4 Å². The number of piperazine rings is 1. The molecule has 0 spiro atoms. The smallest absolute Gasteiger partial charge is 0.273 e. The van der Waals surface area contributed by atoms with Gasteiger partial charge < -0.3 is 15.1 Å². The highest BCUT2D eigenvalue weighted by atomic mass is 35.5. The number of rotatable bonds is 3. The van der Waals surface area contributed by atoms with Crippen LogP contribution in [-0.2, 0) is 0 Å². The molecule has 1 aromatic carbocycles. The highest BCUT2D eigenvalue weighted by Crippen LogP contribution is 2.33. The van der Waals surface area contributed by atoms with Crippen molar-refractivity contribution in [2.45, 2.75) is 32.2 Å². The number of pyridine rings is 1. The molecule has 1 atom stereocenters. The van der Waals surface area contributed by atoms with Gasteiger partial charge in [0.1, 0.15) is 11.5 Å². The quantitative estimate of drug-likeness (QED) is 0.855. The van der Waals surface area contributed by atoms with Crippen LogP contribution in [0.25, 0.3) is 0 Å². The van der Waals surface area contributed by atoms with Gasteiger partial charge in [-0.3, -0.25) is 4.79 Å². The lowest BCUT2D eigenvalue weighted by atomic mass is 9.92. The number of aromatic nitrogens is 1. The minimum absolute atomic E-state index is 0. The van der Waals surface area contributed by atoms with E-state index in [-0.39, 0.29) is 24.4 Å². The maximum absolute atomic E-state index is 13.4. The molecule has 28 heavy (non-hydrogen) atoms. The van der Waals surface area contributed by atoms with Crippen LogP contribution in [0, 0.1) is 6.92 Å². The second kappa shape index (κ2) is 9.39. The Labute approximate surface area is 173 Å². The standard InChI is InChI=1S/C22H28N4O.ClH/c1-17-7-2-3-8-18(17)20-10-4-5-14-26(20)22(27)19-9-6-11-21(24-19)25-15-12-23-13-16-25;/h2-3,6-9,11,20,23H,4-5,10,12-16H2,1H3;1H. The Morgan fingerprint density at radius 3 is 2.61 bits per heavy atom. The van der Waals surface area contributed by atoms with Crippen LogP contribution in [0.1, 0.15) is 46.9 Å². The van der Waals surface area contributed by atoms with Crippen molar-refractivity contribution >= 4 is 24.1 Å². The van der Waals surface area contributed by atoms with E-state index in [1.807, 2.05) is 23.1 Å². The van der Waals surface area contributed by atoms with Crippen molar-refractivity contribution in [2.24, 2.45) is 0 Å². The average molecular weight is 401 g/mol. The number of amides is 1. The van der Waals surface area contributed by atoms with Gasteiger partial charge >= 0.3 is 0 Å². The first-order valence-corrected chi connectivity index (χ1v) is 10.0. The molecular weight excluding hydrogens is 372 g/mol. The third kappa shape index (κ3) is 4.31. The molecule has 1 aromatic heterocycles. The molecule has 2 aromatic rings. The van der Waals surface area contributed by atoms with Crippen LogP contribution in [0.3, 0.4) is 0 Å². The number of halogens is 1. The fourth-order valence-electron chi connectivity index (χ4n) is 4.22. The fraction of sp³-hybridized carbons (Fsp3) is 0.455. The van der Waals surface area contributed by atoms with Crippen LogP contribution < -0.4 is 10.2 Å². The van der Waals surface area contributed by atoms with Crippen molar-refractivity contribution in [3.8, 4) is 0 Å². The van der Waals surface area contributed by atoms with Crippen molar-refractivity contribution in [3.63, 3.8) is 0 Å². The normalized spacial score (nSPS) is 19.8. The van der Waals surface area contributed by atoms with Gasteiger partial charge in [0.05, 0.1) is 6.04 Å². The molecule has 2 aliphatic heterocycles. The van der Waals surface area contributed by atoms with E-state index in [0.29, 0.717) is 5.69 Å². The number of nitrogens with zero attached hydrogens (tertiary/aromatic N) is 3. The lowest BCUT2D eigenvalue weighted by Gasteiger charge is -2.37. The highest BCUT2D eigenvalue weighted by molar-refractivity contribution is 5.93. The molecular formula is C22H29ClN4O. The predicted octanol–water partition coefficient (Wildman–Crippen LogP) is 3.59. The molecule has 0 bridgehead atoms. The third-order valence-electron chi connectivity index (χ3n) is 5.71. The second-order valence-electron chi connectivity index (χ2n) is 7.48. The minimum atomic E-state index is 0. The number of nitrogens with one attached hydrogen (secondary N) is 1. The van der Waals surface area contributed by atoms with Gasteiger partial charge in [-0.1, -0.05) is 30.3 Å². The van der Waals surface area contributed by atoms with E-state index in [2.05, 4.69) is 41.4 Å². The van der Waals surface area contributed by atoms with E-state index in [0.717, 1.165) is 57.8 Å². The van der Waals surface area contributed by atoms with Gasteiger partial charge in [-0.15, -0.1) is 12.4 Å². The zero-order chi connectivity index (χ0) is 18.6. The van der Waals surface area contributed by atoms with E-state index in [1.165, 1.54) is 11.1 Å². The number of piperidine rings is 1. The van der Waals surface area contributed by atoms with Crippen LogP contribution in [0.5, 0.6) is 0 Å². The molecule has 1 N–H and O–H groups in total. The first-order chi connectivity index (χ1) is 13.2. The van der Waals surface area contributed by atoms with Gasteiger partial charge in [0.15, 0.2) is 0 Å². The van der Waals surface area contributed by atoms with Crippen LogP contribution in [-0.4, -0.2) is 48.5 Å². The number of anilines is 1. The summed E-state index contributed by atoms with van der Waals surface area (Å²) in [7, 11) is 0. The number of likely N-dealkylation sites (tertiary alicyclic amines) is 1. The molecule has 3 heterocycles. The van der Waals surface area contributed by atoms with Crippen molar-refractivity contribution in [1.29, 1.82) is 0 Å². The summed E-state index contributed by atoms with van der Waals surface area (Å²) in [6.07, 6.45) is 3.25. The molecule has 0 radical (unpaired) electrons. The number of hydrogen-bond acceptors (Lipinski definition) is 4. The summed E-state index contributed by atoms with van der Waals surface area (Å²) in [5.41, 5.74) is 3.08. The summed E-state index contributed by atoms with van der Waals surface area (Å²) in [6, 6.07) is 14.4. The van der Waals surface area contributed by atoms with E-state index < -0.39 is 0 Å². The molecule has 0 saturated carbocycles. The fourth-order valence-corrected chi connectivity index (χ4v) is 4.22. The number of hydrogen-bond donors (Lipinski definition) is 1. The van der Waals surface area contributed by atoms with Crippen LogP contribution in [0.2, 0.25) is 0 Å². The lowest BCUT2D eigenvalue weighted by molar-refractivity contribution is 0.0605. The predicted molar refractivity (Wildman–Crippen MR) is 115 cm³/mol. The molecule has 2 aliphatic rings. The van der Waals surface area contributed by atoms with E-state index in [4.69, 9.17) is 4.98 Å². The van der Waals surface area contributed by atoms with Crippen molar-refractivity contribution < 1.29 is 4.79 Å². The molecule has 0 aliphatic carbocycles. The molecule has 150 valence electrons. The molecule has 5 nitrogen and oxygen atoms in total. The Hall–Kier alpha value is -2.11. The summed E-state index contributed by atoms with van der Waals surface area (Å²) in [5.74, 6) is 0.965. The zero-order valence-electron chi connectivity index (χ0n) is 16.4. The number of aryl methyl sites for hydroxylation is 1. The van der Waals surface area contributed by atoms with Gasteiger partial charge in [0, 0.05) is 32.7 Å². The van der Waals surface area contributed by atoms with Crippen molar-refractivity contribution in [3.05, 3.63) is 59.3 Å². The monoisotopic (exact) mass is 400 g/mol. The summed E-state index contributed by atoms with van der Waals surface area (Å²) in [5, 5.41) is 3.36. The van der Waals surface area contributed by atoms with Crippen molar-refractivity contribution in [2.75, 3.05) is 37.6 Å². The molecule has 1 amide bonds. The maximum atomic E-state index is 13.4. The Balaban J connectivity index is 0.00000225. The average Bonchev–Trinajstić information content (AvgIpc) is 2.74. The largest absolute Gasteiger partial charge is 0.354 e. The first kappa shape index (κ1) is 20.6. The minimum Gasteiger partial charge on any atom is -0.354 e. The molecule has 2 fully saturated rings. The number of benzene rings is 1. The molecule has 4 rings (SSSR count). The zero-order valence-corrected chi connectivity index (χ0v) is 17.3. The van der Waals surface area contributed by atoms with Gasteiger partial charge in [-0.2, -0.15) is 0 Å². The SMILES string of the molecule is Cc1ccccc1C1CCCCN1C(=O)c1cccc(N2CCNCC2)n1.Cl. The van der Waals surface area contributed by atoms with Gasteiger partial charge in [0.2, 0.25) is 0 Å².